The van der Waals surface area contributed by atoms with E-state index < -0.39 is 0 Å². The molecule has 20 heavy (non-hydrogen) atoms. The van der Waals surface area contributed by atoms with Gasteiger partial charge in [-0.15, -0.1) is 0 Å². The third kappa shape index (κ3) is 2.51. The lowest BCUT2D eigenvalue weighted by Crippen LogP contribution is -2.10. The SMILES string of the molecule is CCCCCCC(C)C1CCC2=C1c1ccccc1[N]2. The van der Waals surface area contributed by atoms with Crippen molar-refractivity contribution in [3.8, 4) is 0 Å². The van der Waals surface area contributed by atoms with Gasteiger partial charge in [0.1, 0.15) is 0 Å². The molecule has 0 aromatic heterocycles. The van der Waals surface area contributed by atoms with Crippen LogP contribution in [0.15, 0.2) is 30.0 Å². The summed E-state index contributed by atoms with van der Waals surface area (Å²) in [5.41, 5.74) is 5.60. The van der Waals surface area contributed by atoms with Gasteiger partial charge in [-0.1, -0.05) is 64.2 Å². The van der Waals surface area contributed by atoms with Crippen molar-refractivity contribution in [1.29, 1.82) is 0 Å². The number of benzene rings is 1. The van der Waals surface area contributed by atoms with Crippen molar-refractivity contribution in [3.05, 3.63) is 35.5 Å². The van der Waals surface area contributed by atoms with Crippen molar-refractivity contribution in [2.24, 2.45) is 11.8 Å². The number of fused-ring (bicyclic) bond motifs is 2. The first kappa shape index (κ1) is 13.7. The molecular weight excluding hydrogens is 242 g/mol. The molecular formula is C19H26N. The van der Waals surface area contributed by atoms with E-state index in [4.69, 9.17) is 5.32 Å². The molecule has 0 fully saturated rings. The molecule has 3 rings (SSSR count). The Morgan fingerprint density at radius 1 is 1.20 bits per heavy atom. The molecule has 1 nitrogen and oxygen atoms in total. The zero-order chi connectivity index (χ0) is 13.9. The van der Waals surface area contributed by atoms with E-state index in [9.17, 15) is 0 Å². The van der Waals surface area contributed by atoms with E-state index in [0.717, 1.165) is 11.8 Å². The summed E-state index contributed by atoms with van der Waals surface area (Å²) < 4.78 is 0. The van der Waals surface area contributed by atoms with Crippen molar-refractivity contribution >= 4 is 11.3 Å². The van der Waals surface area contributed by atoms with Gasteiger partial charge in [-0.25, -0.2) is 0 Å². The van der Waals surface area contributed by atoms with Gasteiger partial charge in [-0.2, -0.15) is 0 Å². The first-order valence-electron chi connectivity index (χ1n) is 8.35. The normalized spacial score (nSPS) is 21.6. The highest BCUT2D eigenvalue weighted by Gasteiger charge is 2.35. The second kappa shape index (κ2) is 6.03. The average Bonchev–Trinajstić information content (AvgIpc) is 3.02. The minimum absolute atomic E-state index is 0.749. The summed E-state index contributed by atoms with van der Waals surface area (Å²) in [4.78, 5) is 0. The van der Waals surface area contributed by atoms with Crippen LogP contribution in [0, 0.1) is 11.8 Å². The minimum atomic E-state index is 0.749. The van der Waals surface area contributed by atoms with Crippen molar-refractivity contribution in [3.63, 3.8) is 0 Å². The lowest BCUT2D eigenvalue weighted by molar-refractivity contribution is 0.387. The van der Waals surface area contributed by atoms with Crippen molar-refractivity contribution < 1.29 is 0 Å². The molecule has 1 aromatic rings. The summed E-state index contributed by atoms with van der Waals surface area (Å²) in [5, 5.41) is 4.84. The highest BCUT2D eigenvalue weighted by atomic mass is 14.9. The highest BCUT2D eigenvalue weighted by molar-refractivity contribution is 5.84. The Labute approximate surface area is 123 Å². The molecule has 1 aliphatic carbocycles. The molecule has 2 unspecified atom stereocenters. The Morgan fingerprint density at radius 3 is 2.90 bits per heavy atom. The number of para-hydroxylation sites is 1. The van der Waals surface area contributed by atoms with E-state index >= 15 is 0 Å². The third-order valence-corrected chi connectivity index (χ3v) is 5.02. The molecule has 1 heteroatoms. The Bertz CT molecular complexity index is 500. The lowest BCUT2D eigenvalue weighted by Gasteiger charge is -2.22. The molecule has 0 bridgehead atoms. The number of hydrogen-bond donors (Lipinski definition) is 0. The Balaban J connectivity index is 1.67. The van der Waals surface area contributed by atoms with Crippen LogP contribution in [0.25, 0.3) is 5.57 Å². The molecule has 1 aromatic carbocycles. The maximum absolute atomic E-state index is 4.84. The predicted octanol–water partition coefficient (Wildman–Crippen LogP) is 5.66. The van der Waals surface area contributed by atoms with Crippen molar-refractivity contribution in [1.82, 2.24) is 5.32 Å². The summed E-state index contributed by atoms with van der Waals surface area (Å²) in [7, 11) is 0. The van der Waals surface area contributed by atoms with Gasteiger partial charge in [0.25, 0.3) is 0 Å². The number of rotatable bonds is 6. The van der Waals surface area contributed by atoms with Crippen LogP contribution in [0.3, 0.4) is 0 Å². The molecule has 1 heterocycles. The molecule has 0 spiro atoms. The number of allylic oxidation sites excluding steroid dienone is 2. The molecule has 2 atom stereocenters. The summed E-state index contributed by atoms with van der Waals surface area (Å²) in [5.74, 6) is 1.56. The molecule has 107 valence electrons. The van der Waals surface area contributed by atoms with E-state index in [2.05, 4.69) is 38.1 Å². The van der Waals surface area contributed by atoms with E-state index in [1.54, 1.807) is 5.57 Å². The van der Waals surface area contributed by atoms with E-state index in [1.807, 2.05) is 0 Å². The van der Waals surface area contributed by atoms with Crippen LogP contribution < -0.4 is 5.32 Å². The molecule has 1 radical (unpaired) electrons. The standard InChI is InChI=1S/C19H26N/c1-3-4-5-6-9-14(2)15-12-13-18-19(15)16-10-7-8-11-17(16)20-18/h7-8,10-11,14-15H,3-6,9,12-13H2,1-2H3. The number of unbranched alkanes of at least 4 members (excludes halogenated alkanes) is 3. The van der Waals surface area contributed by atoms with Crippen LogP contribution in [-0.2, 0) is 0 Å². The zero-order valence-electron chi connectivity index (χ0n) is 12.9. The van der Waals surface area contributed by atoms with Gasteiger partial charge in [0, 0.05) is 11.3 Å². The Hall–Kier alpha value is -1.24. The van der Waals surface area contributed by atoms with Crippen LogP contribution in [0.1, 0.15) is 64.4 Å². The fourth-order valence-corrected chi connectivity index (χ4v) is 3.86. The molecule has 0 saturated heterocycles. The van der Waals surface area contributed by atoms with Gasteiger partial charge >= 0.3 is 0 Å². The van der Waals surface area contributed by atoms with Crippen LogP contribution in [0.5, 0.6) is 0 Å². The summed E-state index contributed by atoms with van der Waals surface area (Å²) >= 11 is 0. The predicted molar refractivity (Wildman–Crippen MR) is 85.8 cm³/mol. The van der Waals surface area contributed by atoms with Crippen LogP contribution >= 0.6 is 0 Å². The quantitative estimate of drug-likeness (QED) is 0.591. The van der Waals surface area contributed by atoms with Crippen LogP contribution in [0.4, 0.5) is 5.69 Å². The van der Waals surface area contributed by atoms with Crippen LogP contribution in [-0.4, -0.2) is 0 Å². The molecule has 2 aliphatic rings. The van der Waals surface area contributed by atoms with E-state index in [-0.39, 0.29) is 0 Å². The first-order chi connectivity index (χ1) is 9.81. The second-order valence-corrected chi connectivity index (χ2v) is 6.46. The summed E-state index contributed by atoms with van der Waals surface area (Å²) in [6, 6.07) is 8.69. The largest absolute Gasteiger partial charge is 0.253 e. The van der Waals surface area contributed by atoms with Gasteiger partial charge in [-0.3, -0.25) is 5.32 Å². The smallest absolute Gasteiger partial charge is 0.0708 e. The fraction of sp³-hybridized carbons (Fsp3) is 0.579. The molecule has 0 saturated carbocycles. The maximum atomic E-state index is 4.84. The van der Waals surface area contributed by atoms with Gasteiger partial charge in [0.15, 0.2) is 0 Å². The fourth-order valence-electron chi connectivity index (χ4n) is 3.86. The molecule has 0 amide bonds. The summed E-state index contributed by atoms with van der Waals surface area (Å²) in [6.45, 7) is 4.74. The van der Waals surface area contributed by atoms with Gasteiger partial charge in [0.05, 0.1) is 5.69 Å². The lowest BCUT2D eigenvalue weighted by atomic mass is 9.82. The van der Waals surface area contributed by atoms with Crippen molar-refractivity contribution in [2.75, 3.05) is 0 Å². The number of nitrogens with zero attached hydrogens (tertiary/aromatic N) is 1. The first-order valence-corrected chi connectivity index (χ1v) is 8.35. The van der Waals surface area contributed by atoms with Crippen LogP contribution in [0.2, 0.25) is 0 Å². The van der Waals surface area contributed by atoms with E-state index in [0.29, 0.717) is 0 Å². The molecule has 0 N–H and O–H groups in total. The monoisotopic (exact) mass is 268 g/mol. The highest BCUT2D eigenvalue weighted by Crippen LogP contribution is 2.50. The number of hydrogen-bond acceptors (Lipinski definition) is 0. The van der Waals surface area contributed by atoms with Gasteiger partial charge < -0.3 is 0 Å². The third-order valence-electron chi connectivity index (χ3n) is 5.02. The zero-order valence-corrected chi connectivity index (χ0v) is 12.9. The topological polar surface area (TPSA) is 14.1 Å². The minimum Gasteiger partial charge on any atom is -0.253 e. The van der Waals surface area contributed by atoms with Gasteiger partial charge in [-0.05, 0) is 36.3 Å². The Morgan fingerprint density at radius 2 is 2.05 bits per heavy atom. The second-order valence-electron chi connectivity index (χ2n) is 6.46. The average molecular weight is 268 g/mol. The van der Waals surface area contributed by atoms with Crippen molar-refractivity contribution in [2.45, 2.75) is 58.8 Å². The Kier molecular flexibility index (Phi) is 4.14. The maximum Gasteiger partial charge on any atom is 0.0708 e. The van der Waals surface area contributed by atoms with E-state index in [1.165, 1.54) is 61.9 Å². The van der Waals surface area contributed by atoms with Gasteiger partial charge in [0.2, 0.25) is 0 Å². The summed E-state index contributed by atoms with van der Waals surface area (Å²) in [6.07, 6.45) is 9.41. The molecule has 1 aliphatic heterocycles.